The lowest BCUT2D eigenvalue weighted by atomic mass is 10.1. The molecule has 0 unspecified atom stereocenters. The maximum absolute atomic E-state index is 12.6. The van der Waals surface area contributed by atoms with Crippen LogP contribution in [0.2, 0.25) is 5.02 Å². The Kier molecular flexibility index (Phi) is 6.22. The van der Waals surface area contributed by atoms with Gasteiger partial charge in [0, 0.05) is 17.3 Å². The van der Waals surface area contributed by atoms with Gasteiger partial charge in [-0.2, -0.15) is 0 Å². The van der Waals surface area contributed by atoms with Gasteiger partial charge in [-0.05, 0) is 36.4 Å². The van der Waals surface area contributed by atoms with Gasteiger partial charge in [0.25, 0.3) is 23.2 Å². The van der Waals surface area contributed by atoms with Gasteiger partial charge < -0.3 is 10.6 Å². The summed E-state index contributed by atoms with van der Waals surface area (Å²) in [6, 6.07) is 15.4. The second-order valence-electron chi connectivity index (χ2n) is 6.18. The summed E-state index contributed by atoms with van der Waals surface area (Å²) in [4.78, 5) is 45.3. The number of halogens is 1. The molecule has 0 atom stereocenters. The van der Waals surface area contributed by atoms with Gasteiger partial charge in [-0.25, -0.2) is 0 Å². The fourth-order valence-corrected chi connectivity index (χ4v) is 2.82. The summed E-state index contributed by atoms with van der Waals surface area (Å²) in [5, 5.41) is 27.4. The van der Waals surface area contributed by atoms with Crippen molar-refractivity contribution in [2.75, 3.05) is 10.6 Å². The monoisotopic (exact) mass is 440 g/mol. The topological polar surface area (TPSA) is 144 Å². The van der Waals surface area contributed by atoms with Gasteiger partial charge in [-0.3, -0.25) is 29.8 Å². The zero-order valence-corrected chi connectivity index (χ0v) is 16.3. The predicted octanol–water partition coefficient (Wildman–Crippen LogP) is 4.66. The Labute approximate surface area is 179 Å². The van der Waals surface area contributed by atoms with E-state index in [2.05, 4.69) is 10.6 Å². The number of benzene rings is 3. The zero-order valence-electron chi connectivity index (χ0n) is 15.6. The fourth-order valence-electron chi connectivity index (χ4n) is 2.66. The molecule has 0 aromatic heterocycles. The number of amides is 2. The van der Waals surface area contributed by atoms with Crippen LogP contribution in [-0.4, -0.2) is 21.7 Å². The Hall–Kier alpha value is -4.31. The minimum Gasteiger partial charge on any atom is -0.322 e. The van der Waals surface area contributed by atoms with Crippen LogP contribution in [0.25, 0.3) is 0 Å². The van der Waals surface area contributed by atoms with Gasteiger partial charge >= 0.3 is 0 Å². The molecular formula is C20H13ClN4O6. The number of nitrogens with zero attached hydrogens (tertiary/aromatic N) is 2. The number of anilines is 2. The molecule has 156 valence electrons. The molecule has 0 radical (unpaired) electrons. The first-order chi connectivity index (χ1) is 14.8. The van der Waals surface area contributed by atoms with Crippen LogP contribution in [0.5, 0.6) is 0 Å². The van der Waals surface area contributed by atoms with Crippen LogP contribution in [-0.2, 0) is 0 Å². The van der Waals surface area contributed by atoms with E-state index in [9.17, 15) is 29.8 Å². The molecule has 0 aliphatic rings. The molecule has 0 saturated carbocycles. The fraction of sp³-hybridized carbons (Fsp3) is 0. The van der Waals surface area contributed by atoms with Crippen molar-refractivity contribution in [1.29, 1.82) is 0 Å². The second-order valence-corrected chi connectivity index (χ2v) is 6.59. The summed E-state index contributed by atoms with van der Waals surface area (Å²) >= 11 is 6.11. The molecule has 31 heavy (non-hydrogen) atoms. The van der Waals surface area contributed by atoms with Gasteiger partial charge in [-0.1, -0.05) is 29.8 Å². The first kappa shape index (κ1) is 21.4. The van der Waals surface area contributed by atoms with Gasteiger partial charge in [-0.15, -0.1) is 0 Å². The van der Waals surface area contributed by atoms with E-state index in [0.717, 1.165) is 12.1 Å². The van der Waals surface area contributed by atoms with E-state index in [4.69, 9.17) is 11.6 Å². The molecule has 0 spiro atoms. The molecule has 3 rings (SSSR count). The van der Waals surface area contributed by atoms with E-state index in [1.165, 1.54) is 18.2 Å². The van der Waals surface area contributed by atoms with Crippen molar-refractivity contribution in [3.63, 3.8) is 0 Å². The lowest BCUT2D eigenvalue weighted by Gasteiger charge is -2.11. The second kappa shape index (κ2) is 9.01. The lowest BCUT2D eigenvalue weighted by molar-refractivity contribution is -0.394. The molecule has 3 aromatic rings. The Bertz CT molecular complexity index is 1200. The first-order valence-corrected chi connectivity index (χ1v) is 9.04. The average Bonchev–Trinajstić information content (AvgIpc) is 2.76. The third kappa shape index (κ3) is 5.00. The molecule has 0 saturated heterocycles. The summed E-state index contributed by atoms with van der Waals surface area (Å²) in [7, 11) is 0. The third-order valence-electron chi connectivity index (χ3n) is 4.14. The quantitative estimate of drug-likeness (QED) is 0.421. The van der Waals surface area contributed by atoms with E-state index >= 15 is 0 Å². The first-order valence-electron chi connectivity index (χ1n) is 8.66. The van der Waals surface area contributed by atoms with Crippen molar-refractivity contribution in [3.8, 4) is 0 Å². The third-order valence-corrected chi connectivity index (χ3v) is 4.47. The zero-order chi connectivity index (χ0) is 22.5. The van der Waals surface area contributed by atoms with Crippen molar-refractivity contribution < 1.29 is 19.4 Å². The highest BCUT2D eigenvalue weighted by Gasteiger charge is 2.24. The number of nitro groups is 2. The number of hydrogen-bond acceptors (Lipinski definition) is 6. The van der Waals surface area contributed by atoms with Gasteiger partial charge in [0.05, 0.1) is 26.6 Å². The molecular weight excluding hydrogens is 428 g/mol. The van der Waals surface area contributed by atoms with Crippen molar-refractivity contribution in [3.05, 3.63) is 103 Å². The number of hydrogen-bond donors (Lipinski definition) is 2. The van der Waals surface area contributed by atoms with E-state index in [-0.39, 0.29) is 22.0 Å². The lowest BCUT2D eigenvalue weighted by Crippen LogP contribution is -2.15. The summed E-state index contributed by atoms with van der Waals surface area (Å²) in [5.41, 5.74) is -0.772. The Morgan fingerprint density at radius 3 is 2.16 bits per heavy atom. The Morgan fingerprint density at radius 2 is 1.52 bits per heavy atom. The van der Waals surface area contributed by atoms with E-state index in [0.29, 0.717) is 11.6 Å². The minimum absolute atomic E-state index is 0.199. The number of carbonyl (C=O) groups excluding carboxylic acids is 2. The van der Waals surface area contributed by atoms with Crippen LogP contribution in [0.3, 0.4) is 0 Å². The highest BCUT2D eigenvalue weighted by Crippen LogP contribution is 2.28. The standard InChI is InChI=1S/C20H13ClN4O6/c21-16-9-6-13(10-17(16)23-19(26)12-4-2-1-3-5-12)22-20(27)15-8-7-14(24(28)29)11-18(15)25(30)31/h1-11H,(H,22,27)(H,23,26). The van der Waals surface area contributed by atoms with Crippen LogP contribution in [0, 0.1) is 20.2 Å². The molecule has 0 aliphatic heterocycles. The van der Waals surface area contributed by atoms with Crippen LogP contribution in [0.1, 0.15) is 20.7 Å². The molecule has 2 N–H and O–H groups in total. The van der Waals surface area contributed by atoms with Crippen molar-refractivity contribution in [2.24, 2.45) is 0 Å². The number of nitro benzene ring substituents is 2. The van der Waals surface area contributed by atoms with Crippen molar-refractivity contribution >= 4 is 46.2 Å². The van der Waals surface area contributed by atoms with Crippen molar-refractivity contribution in [1.82, 2.24) is 0 Å². The Balaban J connectivity index is 1.84. The minimum atomic E-state index is -0.880. The van der Waals surface area contributed by atoms with Crippen LogP contribution in [0.4, 0.5) is 22.7 Å². The van der Waals surface area contributed by atoms with E-state index < -0.39 is 33.0 Å². The average molecular weight is 441 g/mol. The summed E-state index contributed by atoms with van der Waals surface area (Å²) in [5.74, 6) is -1.28. The number of rotatable bonds is 6. The highest BCUT2D eigenvalue weighted by atomic mass is 35.5. The maximum Gasteiger partial charge on any atom is 0.289 e. The maximum atomic E-state index is 12.6. The molecule has 2 amide bonds. The normalized spacial score (nSPS) is 10.2. The van der Waals surface area contributed by atoms with Gasteiger partial charge in [0.1, 0.15) is 5.56 Å². The smallest absolute Gasteiger partial charge is 0.289 e. The molecule has 3 aromatic carbocycles. The molecule has 0 aliphatic carbocycles. The van der Waals surface area contributed by atoms with E-state index in [1.54, 1.807) is 30.3 Å². The SMILES string of the molecule is O=C(Nc1cc(NC(=O)c2ccc([N+](=O)[O-])cc2[N+](=O)[O-])ccc1Cl)c1ccccc1. The molecule has 0 bridgehead atoms. The number of non-ortho nitro benzene ring substituents is 1. The van der Waals surface area contributed by atoms with Crippen LogP contribution >= 0.6 is 11.6 Å². The molecule has 0 heterocycles. The van der Waals surface area contributed by atoms with Crippen LogP contribution < -0.4 is 10.6 Å². The number of nitrogens with one attached hydrogen (secondary N) is 2. The summed E-state index contributed by atoms with van der Waals surface area (Å²) in [6.45, 7) is 0. The predicted molar refractivity (Wildman–Crippen MR) is 114 cm³/mol. The van der Waals surface area contributed by atoms with Gasteiger partial charge in [0.2, 0.25) is 0 Å². The summed E-state index contributed by atoms with van der Waals surface area (Å²) < 4.78 is 0. The Morgan fingerprint density at radius 1 is 0.806 bits per heavy atom. The highest BCUT2D eigenvalue weighted by molar-refractivity contribution is 6.34. The van der Waals surface area contributed by atoms with Gasteiger partial charge in [0.15, 0.2) is 0 Å². The number of carbonyl (C=O) groups is 2. The molecule has 10 nitrogen and oxygen atoms in total. The molecule has 11 heteroatoms. The largest absolute Gasteiger partial charge is 0.322 e. The van der Waals surface area contributed by atoms with Crippen LogP contribution in [0.15, 0.2) is 66.7 Å². The summed E-state index contributed by atoms with van der Waals surface area (Å²) in [6.07, 6.45) is 0. The van der Waals surface area contributed by atoms with Crippen molar-refractivity contribution in [2.45, 2.75) is 0 Å². The van der Waals surface area contributed by atoms with E-state index in [1.807, 2.05) is 0 Å². The molecule has 0 fully saturated rings.